The van der Waals surface area contributed by atoms with Crippen molar-refractivity contribution >= 4 is 11.6 Å². The molecule has 0 N–H and O–H groups in total. The van der Waals surface area contributed by atoms with Crippen LogP contribution < -0.4 is 4.74 Å². The number of aromatic nitrogens is 2. The Morgan fingerprint density at radius 2 is 2.00 bits per heavy atom. The standard InChI is InChI=1S/C12H13ClN2O/c1-9-7-10(8-13)14-15(9)11-3-5-12(16-2)6-4-11/h3-7H,8H2,1-2H3. The molecule has 0 spiro atoms. The van der Waals surface area contributed by atoms with Crippen LogP contribution in [0.4, 0.5) is 0 Å². The van der Waals surface area contributed by atoms with Crippen molar-refractivity contribution in [2.75, 3.05) is 7.11 Å². The zero-order chi connectivity index (χ0) is 11.5. The van der Waals surface area contributed by atoms with Gasteiger partial charge in [-0.2, -0.15) is 5.10 Å². The Kier molecular flexibility index (Phi) is 3.15. The lowest BCUT2D eigenvalue weighted by Gasteiger charge is -2.05. The van der Waals surface area contributed by atoms with Gasteiger partial charge in [-0.05, 0) is 37.3 Å². The number of ether oxygens (including phenoxy) is 1. The molecule has 1 heterocycles. The number of rotatable bonds is 3. The Hall–Kier alpha value is -1.48. The molecule has 0 aliphatic rings. The van der Waals surface area contributed by atoms with Crippen molar-refractivity contribution in [1.29, 1.82) is 0 Å². The SMILES string of the molecule is COc1ccc(-n2nc(CCl)cc2C)cc1. The molecule has 2 aromatic rings. The van der Waals surface area contributed by atoms with Gasteiger partial charge < -0.3 is 4.74 Å². The lowest BCUT2D eigenvalue weighted by atomic mass is 10.3. The topological polar surface area (TPSA) is 27.1 Å². The van der Waals surface area contributed by atoms with Gasteiger partial charge in [0.15, 0.2) is 0 Å². The van der Waals surface area contributed by atoms with E-state index in [2.05, 4.69) is 5.10 Å². The van der Waals surface area contributed by atoms with Crippen LogP contribution in [0.25, 0.3) is 5.69 Å². The fourth-order valence-electron chi connectivity index (χ4n) is 1.59. The Morgan fingerprint density at radius 3 is 2.50 bits per heavy atom. The van der Waals surface area contributed by atoms with Gasteiger partial charge in [0.1, 0.15) is 5.75 Å². The van der Waals surface area contributed by atoms with Gasteiger partial charge in [0, 0.05) is 5.69 Å². The number of methoxy groups -OCH3 is 1. The molecule has 4 heteroatoms. The van der Waals surface area contributed by atoms with Crippen LogP contribution in [0.3, 0.4) is 0 Å². The monoisotopic (exact) mass is 236 g/mol. The summed E-state index contributed by atoms with van der Waals surface area (Å²) in [6, 6.07) is 9.75. The lowest BCUT2D eigenvalue weighted by molar-refractivity contribution is 0.414. The highest BCUT2D eigenvalue weighted by atomic mass is 35.5. The second kappa shape index (κ2) is 4.58. The fraction of sp³-hybridized carbons (Fsp3) is 0.250. The van der Waals surface area contributed by atoms with E-state index in [0.717, 1.165) is 22.8 Å². The molecule has 0 radical (unpaired) electrons. The second-order valence-electron chi connectivity index (χ2n) is 3.52. The average molecular weight is 237 g/mol. The smallest absolute Gasteiger partial charge is 0.119 e. The van der Waals surface area contributed by atoms with Crippen LogP contribution in [0.2, 0.25) is 0 Å². The van der Waals surface area contributed by atoms with Gasteiger partial charge in [0.05, 0.1) is 24.4 Å². The van der Waals surface area contributed by atoms with Gasteiger partial charge in [0.2, 0.25) is 0 Å². The van der Waals surface area contributed by atoms with Crippen LogP contribution in [-0.4, -0.2) is 16.9 Å². The molecule has 1 aromatic carbocycles. The third kappa shape index (κ3) is 2.04. The zero-order valence-corrected chi connectivity index (χ0v) is 10.0. The summed E-state index contributed by atoms with van der Waals surface area (Å²) in [5, 5.41) is 4.40. The highest BCUT2D eigenvalue weighted by Crippen LogP contribution is 2.17. The van der Waals surface area contributed by atoms with Crippen LogP contribution in [0.5, 0.6) is 5.75 Å². The number of hydrogen-bond donors (Lipinski definition) is 0. The second-order valence-corrected chi connectivity index (χ2v) is 3.79. The van der Waals surface area contributed by atoms with Gasteiger partial charge in [0.25, 0.3) is 0 Å². The first kappa shape index (κ1) is 11.0. The van der Waals surface area contributed by atoms with E-state index < -0.39 is 0 Å². The molecule has 0 saturated heterocycles. The number of hydrogen-bond acceptors (Lipinski definition) is 2. The Bertz CT molecular complexity index is 476. The van der Waals surface area contributed by atoms with Gasteiger partial charge in [-0.1, -0.05) is 0 Å². The highest BCUT2D eigenvalue weighted by Gasteiger charge is 2.05. The third-order valence-electron chi connectivity index (χ3n) is 2.39. The molecule has 0 aliphatic carbocycles. The number of halogens is 1. The molecule has 2 rings (SSSR count). The predicted molar refractivity (Wildman–Crippen MR) is 64.4 cm³/mol. The molecule has 0 amide bonds. The minimum absolute atomic E-state index is 0.435. The van der Waals surface area contributed by atoms with E-state index in [9.17, 15) is 0 Å². The van der Waals surface area contributed by atoms with Crippen LogP contribution >= 0.6 is 11.6 Å². The van der Waals surface area contributed by atoms with E-state index in [1.165, 1.54) is 0 Å². The molecule has 0 aliphatic heterocycles. The maximum Gasteiger partial charge on any atom is 0.119 e. The Balaban J connectivity index is 2.38. The summed E-state index contributed by atoms with van der Waals surface area (Å²) in [6.07, 6.45) is 0. The van der Waals surface area contributed by atoms with Gasteiger partial charge in [-0.25, -0.2) is 4.68 Å². The van der Waals surface area contributed by atoms with Crippen LogP contribution in [0, 0.1) is 6.92 Å². The van der Waals surface area contributed by atoms with Gasteiger partial charge in [-0.3, -0.25) is 0 Å². The number of alkyl halides is 1. The molecular weight excluding hydrogens is 224 g/mol. The molecule has 0 unspecified atom stereocenters. The van der Waals surface area contributed by atoms with Crippen LogP contribution in [-0.2, 0) is 5.88 Å². The molecule has 0 atom stereocenters. The highest BCUT2D eigenvalue weighted by molar-refractivity contribution is 6.16. The van der Waals surface area contributed by atoms with E-state index in [-0.39, 0.29) is 0 Å². The largest absolute Gasteiger partial charge is 0.497 e. The van der Waals surface area contributed by atoms with Crippen molar-refractivity contribution in [3.8, 4) is 11.4 Å². The summed E-state index contributed by atoms with van der Waals surface area (Å²) in [5.41, 5.74) is 2.96. The quantitative estimate of drug-likeness (QED) is 0.767. The predicted octanol–water partition coefficient (Wildman–Crippen LogP) is 2.93. The number of nitrogens with zero attached hydrogens (tertiary/aromatic N) is 2. The first-order chi connectivity index (χ1) is 7.74. The normalized spacial score (nSPS) is 10.4. The fourth-order valence-corrected chi connectivity index (χ4v) is 1.72. The summed E-state index contributed by atoms with van der Waals surface area (Å²) < 4.78 is 6.98. The summed E-state index contributed by atoms with van der Waals surface area (Å²) in [7, 11) is 1.65. The minimum Gasteiger partial charge on any atom is -0.497 e. The average Bonchev–Trinajstić information content (AvgIpc) is 2.71. The molecule has 0 fully saturated rings. The van der Waals surface area contributed by atoms with Crippen LogP contribution in [0.15, 0.2) is 30.3 Å². The molecule has 84 valence electrons. The third-order valence-corrected chi connectivity index (χ3v) is 2.67. The molecular formula is C12H13ClN2O. The van der Waals surface area contributed by atoms with Crippen molar-refractivity contribution in [2.24, 2.45) is 0 Å². The Labute approximate surface area is 99.6 Å². The van der Waals surface area contributed by atoms with Crippen molar-refractivity contribution in [3.63, 3.8) is 0 Å². The lowest BCUT2D eigenvalue weighted by Crippen LogP contribution is -1.99. The number of aryl methyl sites for hydroxylation is 1. The van der Waals surface area contributed by atoms with E-state index in [1.807, 2.05) is 41.9 Å². The van der Waals surface area contributed by atoms with E-state index in [1.54, 1.807) is 7.11 Å². The van der Waals surface area contributed by atoms with Gasteiger partial charge in [-0.15, -0.1) is 11.6 Å². The van der Waals surface area contributed by atoms with Crippen molar-refractivity contribution in [3.05, 3.63) is 41.7 Å². The number of benzene rings is 1. The molecule has 3 nitrogen and oxygen atoms in total. The van der Waals surface area contributed by atoms with Gasteiger partial charge >= 0.3 is 0 Å². The minimum atomic E-state index is 0.435. The Morgan fingerprint density at radius 1 is 1.31 bits per heavy atom. The summed E-state index contributed by atoms with van der Waals surface area (Å²) >= 11 is 5.75. The summed E-state index contributed by atoms with van der Waals surface area (Å²) in [5.74, 6) is 1.27. The first-order valence-electron chi connectivity index (χ1n) is 5.00. The van der Waals surface area contributed by atoms with E-state index in [0.29, 0.717) is 5.88 Å². The maximum absolute atomic E-state index is 5.75. The molecule has 0 bridgehead atoms. The van der Waals surface area contributed by atoms with E-state index in [4.69, 9.17) is 16.3 Å². The zero-order valence-electron chi connectivity index (χ0n) is 9.27. The summed E-state index contributed by atoms with van der Waals surface area (Å²) in [4.78, 5) is 0. The van der Waals surface area contributed by atoms with Crippen molar-refractivity contribution in [2.45, 2.75) is 12.8 Å². The molecule has 0 saturated carbocycles. The molecule has 16 heavy (non-hydrogen) atoms. The first-order valence-corrected chi connectivity index (χ1v) is 5.54. The van der Waals surface area contributed by atoms with Crippen molar-refractivity contribution < 1.29 is 4.74 Å². The van der Waals surface area contributed by atoms with Crippen LogP contribution in [0.1, 0.15) is 11.4 Å². The molecule has 1 aromatic heterocycles. The maximum atomic E-state index is 5.75. The van der Waals surface area contributed by atoms with E-state index >= 15 is 0 Å². The van der Waals surface area contributed by atoms with Crippen molar-refractivity contribution in [1.82, 2.24) is 9.78 Å². The summed E-state index contributed by atoms with van der Waals surface area (Å²) in [6.45, 7) is 2.01.